The number of amides is 1. The summed E-state index contributed by atoms with van der Waals surface area (Å²) in [4.78, 5) is 12.3. The Morgan fingerprint density at radius 2 is 2.26 bits per heavy atom. The van der Waals surface area contributed by atoms with E-state index in [2.05, 4.69) is 21.2 Å². The average Bonchev–Trinajstić information content (AvgIpc) is 2.27. The molecule has 1 saturated carbocycles. The van der Waals surface area contributed by atoms with Crippen molar-refractivity contribution in [3.8, 4) is 5.75 Å². The van der Waals surface area contributed by atoms with Crippen LogP contribution >= 0.6 is 27.5 Å². The summed E-state index contributed by atoms with van der Waals surface area (Å²) >= 11 is 9.36. The molecule has 19 heavy (non-hydrogen) atoms. The Labute approximate surface area is 125 Å². The number of benzene rings is 1. The molecule has 4 nitrogen and oxygen atoms in total. The molecule has 0 aliphatic heterocycles. The zero-order valence-electron chi connectivity index (χ0n) is 10.6. The van der Waals surface area contributed by atoms with E-state index in [4.69, 9.17) is 22.1 Å². The summed E-state index contributed by atoms with van der Waals surface area (Å²) in [6.45, 7) is 0.364. The van der Waals surface area contributed by atoms with Gasteiger partial charge in [-0.25, -0.2) is 0 Å². The highest BCUT2D eigenvalue weighted by molar-refractivity contribution is 9.10. The maximum absolute atomic E-state index is 12.3. The molecule has 0 spiro atoms. The van der Waals surface area contributed by atoms with Gasteiger partial charge in [0, 0.05) is 11.6 Å². The van der Waals surface area contributed by atoms with Gasteiger partial charge in [0.05, 0.1) is 22.7 Å². The van der Waals surface area contributed by atoms with Crippen LogP contribution in [0.4, 0.5) is 5.69 Å². The van der Waals surface area contributed by atoms with Crippen molar-refractivity contribution in [2.45, 2.75) is 19.3 Å². The molecule has 0 bridgehead atoms. The Hall–Kier alpha value is -0.780. The van der Waals surface area contributed by atoms with E-state index in [1.54, 1.807) is 19.2 Å². The molecule has 1 amide bonds. The lowest BCUT2D eigenvalue weighted by atomic mass is 9.68. The lowest BCUT2D eigenvalue weighted by molar-refractivity contribution is -0.129. The van der Waals surface area contributed by atoms with Crippen LogP contribution in [0, 0.1) is 5.41 Å². The summed E-state index contributed by atoms with van der Waals surface area (Å²) in [5, 5.41) is 3.40. The summed E-state index contributed by atoms with van der Waals surface area (Å²) in [6, 6.07) is 3.39. The molecule has 0 atom stereocenters. The molecule has 1 aromatic carbocycles. The fraction of sp³-hybridized carbons (Fsp3) is 0.462. The second kappa shape index (κ2) is 5.69. The van der Waals surface area contributed by atoms with Gasteiger partial charge in [0.2, 0.25) is 5.91 Å². The van der Waals surface area contributed by atoms with Crippen LogP contribution in [-0.2, 0) is 4.79 Å². The Kier molecular flexibility index (Phi) is 4.38. The van der Waals surface area contributed by atoms with Crippen LogP contribution < -0.4 is 15.8 Å². The van der Waals surface area contributed by atoms with Crippen molar-refractivity contribution in [1.82, 2.24) is 0 Å². The normalized spacial score (nSPS) is 16.6. The molecule has 0 heterocycles. The van der Waals surface area contributed by atoms with E-state index in [9.17, 15) is 4.79 Å². The van der Waals surface area contributed by atoms with Crippen LogP contribution in [0.1, 0.15) is 19.3 Å². The van der Waals surface area contributed by atoms with Crippen molar-refractivity contribution in [1.29, 1.82) is 0 Å². The van der Waals surface area contributed by atoms with Crippen LogP contribution in [0.25, 0.3) is 0 Å². The molecular weight excluding hydrogens is 332 g/mol. The summed E-state index contributed by atoms with van der Waals surface area (Å²) in [7, 11) is 1.55. The molecule has 1 aliphatic rings. The highest BCUT2D eigenvalue weighted by Crippen LogP contribution is 2.42. The van der Waals surface area contributed by atoms with Gasteiger partial charge in [-0.15, -0.1) is 0 Å². The van der Waals surface area contributed by atoms with Crippen molar-refractivity contribution in [3.63, 3.8) is 0 Å². The Bertz CT molecular complexity index is 498. The SMILES string of the molecule is COc1c(Br)cc(Cl)cc1NC(=O)C1(CN)CCC1. The lowest BCUT2D eigenvalue weighted by Crippen LogP contribution is -2.47. The molecule has 0 saturated heterocycles. The van der Waals surface area contributed by atoms with Gasteiger partial charge in [0.1, 0.15) is 0 Å². The van der Waals surface area contributed by atoms with Gasteiger partial charge in [-0.05, 0) is 40.9 Å². The average molecular weight is 348 g/mol. The second-order valence-corrected chi connectivity index (χ2v) is 6.05. The number of hydrogen-bond acceptors (Lipinski definition) is 3. The number of halogens is 2. The van der Waals surface area contributed by atoms with Gasteiger partial charge in [0.25, 0.3) is 0 Å². The van der Waals surface area contributed by atoms with Gasteiger partial charge in [-0.1, -0.05) is 18.0 Å². The van der Waals surface area contributed by atoms with Crippen molar-refractivity contribution in [2.24, 2.45) is 11.1 Å². The first-order valence-corrected chi connectivity index (χ1v) is 7.24. The van der Waals surface area contributed by atoms with E-state index in [0.29, 0.717) is 27.5 Å². The van der Waals surface area contributed by atoms with E-state index in [-0.39, 0.29) is 5.91 Å². The Morgan fingerprint density at radius 1 is 1.58 bits per heavy atom. The minimum atomic E-state index is -0.431. The third-order valence-corrected chi connectivity index (χ3v) is 4.45. The first kappa shape index (κ1) is 14.6. The number of carbonyl (C=O) groups excluding carboxylic acids is 1. The van der Waals surface area contributed by atoms with Gasteiger partial charge in [-0.3, -0.25) is 4.79 Å². The van der Waals surface area contributed by atoms with Crippen molar-refractivity contribution >= 4 is 39.1 Å². The minimum Gasteiger partial charge on any atom is -0.493 e. The number of nitrogens with two attached hydrogens (primary N) is 1. The first-order valence-electron chi connectivity index (χ1n) is 6.07. The van der Waals surface area contributed by atoms with E-state index < -0.39 is 5.41 Å². The van der Waals surface area contributed by atoms with E-state index in [0.717, 1.165) is 19.3 Å². The minimum absolute atomic E-state index is 0.0614. The fourth-order valence-corrected chi connectivity index (χ4v) is 3.22. The highest BCUT2D eigenvalue weighted by Gasteiger charge is 2.43. The molecular formula is C13H16BrClN2O2. The number of nitrogens with one attached hydrogen (secondary N) is 1. The van der Waals surface area contributed by atoms with Crippen LogP contribution in [0.5, 0.6) is 5.75 Å². The largest absolute Gasteiger partial charge is 0.493 e. The predicted octanol–water partition coefficient (Wildman–Crippen LogP) is 3.18. The predicted molar refractivity (Wildman–Crippen MR) is 79.7 cm³/mol. The van der Waals surface area contributed by atoms with Crippen LogP contribution in [0.15, 0.2) is 16.6 Å². The highest BCUT2D eigenvalue weighted by atomic mass is 79.9. The van der Waals surface area contributed by atoms with Crippen molar-refractivity contribution in [2.75, 3.05) is 19.0 Å². The maximum Gasteiger partial charge on any atom is 0.231 e. The topological polar surface area (TPSA) is 64.3 Å². The number of rotatable bonds is 4. The van der Waals surface area contributed by atoms with Gasteiger partial charge in [-0.2, -0.15) is 0 Å². The van der Waals surface area contributed by atoms with Crippen molar-refractivity contribution < 1.29 is 9.53 Å². The molecule has 104 valence electrons. The third-order valence-electron chi connectivity index (χ3n) is 3.64. The molecule has 1 fully saturated rings. The smallest absolute Gasteiger partial charge is 0.231 e. The second-order valence-electron chi connectivity index (χ2n) is 4.76. The zero-order chi connectivity index (χ0) is 14.0. The van der Waals surface area contributed by atoms with Crippen LogP contribution in [0.2, 0.25) is 5.02 Å². The number of carbonyl (C=O) groups is 1. The molecule has 6 heteroatoms. The molecule has 0 unspecified atom stereocenters. The van der Waals surface area contributed by atoms with Crippen molar-refractivity contribution in [3.05, 3.63) is 21.6 Å². The van der Waals surface area contributed by atoms with Gasteiger partial charge >= 0.3 is 0 Å². The number of anilines is 1. The summed E-state index contributed by atoms with van der Waals surface area (Å²) < 4.78 is 5.98. The Balaban J connectivity index is 2.26. The molecule has 0 radical (unpaired) electrons. The van der Waals surface area contributed by atoms with Gasteiger partial charge < -0.3 is 15.8 Å². The molecule has 1 aromatic rings. The van der Waals surface area contributed by atoms with Gasteiger partial charge in [0.15, 0.2) is 5.75 Å². The van der Waals surface area contributed by atoms with Crippen LogP contribution in [0.3, 0.4) is 0 Å². The Morgan fingerprint density at radius 3 is 2.74 bits per heavy atom. The monoisotopic (exact) mass is 346 g/mol. The van der Waals surface area contributed by atoms with E-state index in [1.165, 1.54) is 0 Å². The zero-order valence-corrected chi connectivity index (χ0v) is 13.0. The quantitative estimate of drug-likeness (QED) is 0.879. The number of ether oxygens (including phenoxy) is 1. The lowest BCUT2D eigenvalue weighted by Gasteiger charge is -2.39. The third kappa shape index (κ3) is 2.73. The molecule has 2 rings (SSSR count). The van der Waals surface area contributed by atoms with E-state index in [1.807, 2.05) is 0 Å². The maximum atomic E-state index is 12.3. The first-order chi connectivity index (χ1) is 9.02. The number of hydrogen-bond donors (Lipinski definition) is 2. The molecule has 3 N–H and O–H groups in total. The molecule has 1 aliphatic carbocycles. The number of methoxy groups -OCH3 is 1. The molecule has 0 aromatic heterocycles. The van der Waals surface area contributed by atoms with Crippen LogP contribution in [-0.4, -0.2) is 19.6 Å². The summed E-state index contributed by atoms with van der Waals surface area (Å²) in [6.07, 6.45) is 2.71. The standard InChI is InChI=1S/C13H16BrClN2O2/c1-19-11-9(14)5-8(15)6-10(11)17-12(18)13(7-16)3-2-4-13/h5-6H,2-4,7,16H2,1H3,(H,17,18). The summed E-state index contributed by atoms with van der Waals surface area (Å²) in [5.74, 6) is 0.498. The summed E-state index contributed by atoms with van der Waals surface area (Å²) in [5.41, 5.74) is 5.86. The fourth-order valence-electron chi connectivity index (χ4n) is 2.24. The van der Waals surface area contributed by atoms with E-state index >= 15 is 0 Å².